The fourth-order valence-electron chi connectivity index (χ4n) is 3.88. The van der Waals surface area contributed by atoms with Crippen LogP contribution in [0.4, 0.5) is 0 Å². The highest BCUT2D eigenvalue weighted by molar-refractivity contribution is 8.76. The molecule has 0 aromatic rings. The number of amides is 2. The van der Waals surface area contributed by atoms with E-state index in [-0.39, 0.29) is 42.3 Å². The van der Waals surface area contributed by atoms with Gasteiger partial charge in [-0.15, -0.1) is 0 Å². The van der Waals surface area contributed by atoms with Gasteiger partial charge in [0.1, 0.15) is 12.1 Å². The first-order valence-electron chi connectivity index (χ1n) is 12.4. The van der Waals surface area contributed by atoms with Gasteiger partial charge < -0.3 is 20.7 Å². The summed E-state index contributed by atoms with van der Waals surface area (Å²) in [6.45, 7) is 13.3. The standard InChI is InChI=1S/C26H39N3O5S2/c1-7-20-17(6)27-24(16(4)5)26(33)34-19-10-8-9-11-35-36-14-18(25(32)28-20)12-21(30)23(15(2)3)29-22(31)13-19/h7-8,10,15-16,18-19,23-24,27H,6,9,11-14H2,1-5H3,(H,28,32)(H,29,31)/b10-8-,20-7+/t18?,19-,23+,24?/m1/s1. The lowest BCUT2D eigenvalue weighted by atomic mass is 9.92. The van der Waals surface area contributed by atoms with Gasteiger partial charge in [-0.1, -0.05) is 68.0 Å². The summed E-state index contributed by atoms with van der Waals surface area (Å²) in [4.78, 5) is 52.7. The van der Waals surface area contributed by atoms with E-state index >= 15 is 0 Å². The summed E-state index contributed by atoms with van der Waals surface area (Å²) in [5, 5.41) is 8.81. The summed E-state index contributed by atoms with van der Waals surface area (Å²) in [5.41, 5.74) is 0.810. The summed E-state index contributed by atoms with van der Waals surface area (Å²) < 4.78 is 5.78. The van der Waals surface area contributed by atoms with E-state index in [4.69, 9.17) is 4.74 Å². The Balaban J connectivity index is 2.55. The molecule has 0 aromatic heterocycles. The fourth-order valence-corrected chi connectivity index (χ4v) is 6.18. The summed E-state index contributed by atoms with van der Waals surface area (Å²) in [7, 11) is 3.16. The average Bonchev–Trinajstić information content (AvgIpc) is 2.81. The maximum absolute atomic E-state index is 13.3. The highest BCUT2D eigenvalue weighted by Crippen LogP contribution is 2.28. The van der Waals surface area contributed by atoms with Gasteiger partial charge in [-0.25, -0.2) is 4.79 Å². The van der Waals surface area contributed by atoms with Crippen LogP contribution in [-0.4, -0.2) is 53.3 Å². The third-order valence-corrected chi connectivity index (χ3v) is 8.51. The second-order valence-electron chi connectivity index (χ2n) is 9.70. The van der Waals surface area contributed by atoms with Gasteiger partial charge in [0.2, 0.25) is 11.8 Å². The average molecular weight is 538 g/mol. The Labute approximate surface area is 222 Å². The van der Waals surface area contributed by atoms with Gasteiger partial charge in [-0.3, -0.25) is 14.4 Å². The van der Waals surface area contributed by atoms with Crippen molar-refractivity contribution < 1.29 is 23.9 Å². The van der Waals surface area contributed by atoms with Crippen molar-refractivity contribution >= 4 is 45.2 Å². The molecule has 10 heteroatoms. The molecule has 0 aromatic carbocycles. The van der Waals surface area contributed by atoms with Gasteiger partial charge in [0.15, 0.2) is 5.78 Å². The quantitative estimate of drug-likeness (QED) is 0.279. The monoisotopic (exact) mass is 537 g/mol. The summed E-state index contributed by atoms with van der Waals surface area (Å²) in [6, 6.07) is -1.48. The predicted molar refractivity (Wildman–Crippen MR) is 146 cm³/mol. The van der Waals surface area contributed by atoms with Crippen LogP contribution in [0.25, 0.3) is 0 Å². The molecular weight excluding hydrogens is 498 g/mol. The van der Waals surface area contributed by atoms with E-state index in [1.165, 1.54) is 0 Å². The molecule has 0 radical (unpaired) electrons. The first-order chi connectivity index (χ1) is 17.0. The lowest BCUT2D eigenvalue weighted by Gasteiger charge is -2.28. The lowest BCUT2D eigenvalue weighted by molar-refractivity contribution is -0.151. The molecule has 0 aliphatic carbocycles. The molecule has 1 saturated heterocycles. The van der Waals surface area contributed by atoms with Crippen LogP contribution in [0.1, 0.15) is 53.9 Å². The lowest BCUT2D eigenvalue weighted by Crippen LogP contribution is -2.48. The minimum absolute atomic E-state index is 0.00467. The van der Waals surface area contributed by atoms with Crippen molar-refractivity contribution in [3.63, 3.8) is 0 Å². The number of ketones is 1. The van der Waals surface area contributed by atoms with E-state index in [9.17, 15) is 19.2 Å². The molecule has 2 aliphatic heterocycles. The molecule has 36 heavy (non-hydrogen) atoms. The fraction of sp³-hybridized carbons (Fsp3) is 0.615. The van der Waals surface area contributed by atoms with Crippen molar-refractivity contribution in [2.75, 3.05) is 11.5 Å². The molecular formula is C26H39N3O5S2. The topological polar surface area (TPSA) is 114 Å². The van der Waals surface area contributed by atoms with E-state index in [1.807, 2.05) is 33.8 Å². The van der Waals surface area contributed by atoms with Gasteiger partial charge in [0.25, 0.3) is 0 Å². The molecule has 2 amide bonds. The van der Waals surface area contributed by atoms with Gasteiger partial charge in [-0.05, 0) is 31.3 Å². The molecule has 2 heterocycles. The van der Waals surface area contributed by atoms with Gasteiger partial charge in [0, 0.05) is 17.9 Å². The Morgan fingerprint density at radius 1 is 1.03 bits per heavy atom. The third-order valence-electron chi connectivity index (χ3n) is 6.00. The Bertz CT molecular complexity index is 900. The number of esters is 1. The highest BCUT2D eigenvalue weighted by Gasteiger charge is 2.33. The van der Waals surface area contributed by atoms with Crippen LogP contribution in [0.15, 0.2) is 36.2 Å². The Morgan fingerprint density at radius 2 is 1.72 bits per heavy atom. The van der Waals surface area contributed by atoms with Crippen LogP contribution in [0.3, 0.4) is 0 Å². The van der Waals surface area contributed by atoms with Crippen LogP contribution in [-0.2, 0) is 23.9 Å². The summed E-state index contributed by atoms with van der Waals surface area (Å²) in [5.74, 6) is -1.10. The number of rotatable bonds is 2. The predicted octanol–water partition coefficient (Wildman–Crippen LogP) is 3.51. The van der Waals surface area contributed by atoms with E-state index < -0.39 is 30.1 Å². The van der Waals surface area contributed by atoms with Crippen LogP contribution in [0, 0.1) is 17.8 Å². The summed E-state index contributed by atoms with van der Waals surface area (Å²) >= 11 is 0. The van der Waals surface area contributed by atoms with Crippen molar-refractivity contribution in [1.29, 1.82) is 0 Å². The molecule has 1 fully saturated rings. The second kappa shape index (κ2) is 14.5. The molecule has 4 atom stereocenters. The van der Waals surface area contributed by atoms with Crippen molar-refractivity contribution in [3.8, 4) is 0 Å². The molecule has 2 bridgehead atoms. The zero-order valence-corrected chi connectivity index (χ0v) is 23.4. The Morgan fingerprint density at radius 3 is 2.36 bits per heavy atom. The molecule has 2 aliphatic rings. The van der Waals surface area contributed by atoms with Crippen LogP contribution in [0.2, 0.25) is 0 Å². The number of fused-ring (bicyclic) bond motifs is 7. The third kappa shape index (κ3) is 9.03. The Hall–Kier alpha value is -2.20. The number of carbonyl (C=O) groups is 4. The molecule has 2 rings (SSSR count). The van der Waals surface area contributed by atoms with Crippen LogP contribution in [0.5, 0.6) is 0 Å². The van der Waals surface area contributed by atoms with Crippen molar-refractivity contribution in [2.45, 2.75) is 72.1 Å². The summed E-state index contributed by atoms with van der Waals surface area (Å²) in [6.07, 6.45) is 5.19. The molecule has 0 saturated carbocycles. The molecule has 3 N–H and O–H groups in total. The van der Waals surface area contributed by atoms with Gasteiger partial charge in [0.05, 0.1) is 29.8 Å². The number of ether oxygens (including phenoxy) is 1. The number of Topliss-reactive ketones (excluding diaryl/α,β-unsaturated/α-hetero) is 1. The number of hydrogen-bond donors (Lipinski definition) is 3. The first-order valence-corrected chi connectivity index (χ1v) is 14.9. The highest BCUT2D eigenvalue weighted by atomic mass is 33.1. The minimum atomic E-state index is -0.777. The van der Waals surface area contributed by atoms with Crippen LogP contribution >= 0.6 is 21.6 Å². The SMILES string of the molecule is C=C1NC(C(C)C)C(=O)O[C@@H]2/C=C\CCSSCC(CC(=O)[C@H](C(C)C)NC(=O)C2)C(=O)N/C1=C/C. The number of allylic oxidation sites excluding steroid dienone is 2. The molecule has 2 unspecified atom stereocenters. The smallest absolute Gasteiger partial charge is 0.329 e. The van der Waals surface area contributed by atoms with Crippen molar-refractivity contribution in [3.05, 3.63) is 36.2 Å². The largest absolute Gasteiger partial charge is 0.456 e. The number of nitrogens with one attached hydrogen (secondary N) is 3. The second-order valence-corrected chi connectivity index (χ2v) is 12.3. The Kier molecular flexibility index (Phi) is 12.1. The molecule has 200 valence electrons. The molecule has 0 spiro atoms. The van der Waals surface area contributed by atoms with Crippen LogP contribution < -0.4 is 16.0 Å². The minimum Gasteiger partial charge on any atom is -0.456 e. The van der Waals surface area contributed by atoms with Crippen molar-refractivity contribution in [1.82, 2.24) is 16.0 Å². The normalized spacial score (nSPS) is 29.9. The maximum Gasteiger partial charge on any atom is 0.329 e. The van der Waals surface area contributed by atoms with E-state index in [1.54, 1.807) is 40.7 Å². The zero-order valence-electron chi connectivity index (χ0n) is 21.8. The maximum atomic E-state index is 13.3. The van der Waals surface area contributed by atoms with Gasteiger partial charge >= 0.3 is 5.97 Å². The van der Waals surface area contributed by atoms with E-state index in [0.29, 0.717) is 23.6 Å². The zero-order chi connectivity index (χ0) is 26.8. The van der Waals surface area contributed by atoms with E-state index in [0.717, 1.165) is 5.75 Å². The number of carbonyl (C=O) groups excluding carboxylic acids is 4. The van der Waals surface area contributed by atoms with E-state index in [2.05, 4.69) is 22.5 Å². The van der Waals surface area contributed by atoms with Gasteiger partial charge in [-0.2, -0.15) is 0 Å². The molecule has 8 nitrogen and oxygen atoms in total. The number of hydrogen-bond acceptors (Lipinski definition) is 8. The van der Waals surface area contributed by atoms with Crippen molar-refractivity contribution in [2.24, 2.45) is 17.8 Å². The first kappa shape index (κ1) is 30.0.